The summed E-state index contributed by atoms with van der Waals surface area (Å²) in [7, 11) is 0. The second kappa shape index (κ2) is 10.7. The Morgan fingerprint density at radius 2 is 0.904 bits per heavy atom. The first-order chi connectivity index (χ1) is 25.5. The van der Waals surface area contributed by atoms with E-state index in [1.54, 1.807) is 12.4 Å². The van der Waals surface area contributed by atoms with Gasteiger partial charge in [0.15, 0.2) is 0 Å². The van der Waals surface area contributed by atoms with Gasteiger partial charge in [0.05, 0.1) is 22.1 Å². The molecule has 0 radical (unpaired) electrons. The van der Waals surface area contributed by atoms with Crippen LogP contribution in [0.1, 0.15) is 25.0 Å². The molecule has 3 nitrogen and oxygen atoms in total. The van der Waals surface area contributed by atoms with E-state index in [2.05, 4.69) is 170 Å². The molecule has 244 valence electrons. The zero-order valence-electron chi connectivity index (χ0n) is 28.9. The maximum absolute atomic E-state index is 4.82. The zero-order valence-corrected chi connectivity index (χ0v) is 28.9. The predicted octanol–water partition coefficient (Wildman–Crippen LogP) is 12.7. The standard InChI is InChI=1S/C49H33N3/c1-49(2)43-28-32(30-10-9-11-34(26-30)52-45-16-7-5-13-39(45)40-14-6-8-17-46(40)52)19-22-37(43)38-23-20-33(29-44(38)49)31-18-21-36-35-12-3-4-15-41(35)47-48(42(36)27-31)51-25-24-50-47/h3-29H,1-2H3. The third-order valence-electron chi connectivity index (χ3n) is 11.5. The average Bonchev–Trinajstić information content (AvgIpc) is 3.66. The fourth-order valence-corrected chi connectivity index (χ4v) is 8.93. The summed E-state index contributed by atoms with van der Waals surface area (Å²) in [5, 5.41) is 7.24. The normalized spacial score (nSPS) is 13.3. The lowest BCUT2D eigenvalue weighted by molar-refractivity contribution is 0.661. The van der Waals surface area contributed by atoms with Crippen molar-refractivity contribution in [3.05, 3.63) is 175 Å². The lowest BCUT2D eigenvalue weighted by atomic mass is 9.80. The van der Waals surface area contributed by atoms with Gasteiger partial charge in [-0.05, 0) is 97.7 Å². The Hall–Kier alpha value is -6.58. The highest BCUT2D eigenvalue weighted by molar-refractivity contribution is 6.23. The summed E-state index contributed by atoms with van der Waals surface area (Å²) in [6, 6.07) is 55.8. The summed E-state index contributed by atoms with van der Waals surface area (Å²) in [6.07, 6.45) is 3.59. The second-order valence-electron chi connectivity index (χ2n) is 14.6. The lowest BCUT2D eigenvalue weighted by Gasteiger charge is -2.23. The summed E-state index contributed by atoms with van der Waals surface area (Å²) in [5.41, 5.74) is 15.6. The van der Waals surface area contributed by atoms with Gasteiger partial charge in [-0.2, -0.15) is 0 Å². The number of rotatable bonds is 3. The molecule has 10 aromatic rings. The van der Waals surface area contributed by atoms with Crippen LogP contribution < -0.4 is 0 Å². The van der Waals surface area contributed by atoms with E-state index in [1.807, 2.05) is 0 Å². The topological polar surface area (TPSA) is 30.7 Å². The van der Waals surface area contributed by atoms with Gasteiger partial charge in [0.1, 0.15) is 0 Å². The zero-order chi connectivity index (χ0) is 34.6. The lowest BCUT2D eigenvalue weighted by Crippen LogP contribution is -2.15. The van der Waals surface area contributed by atoms with Gasteiger partial charge in [-0.3, -0.25) is 9.97 Å². The highest BCUT2D eigenvalue weighted by Gasteiger charge is 2.36. The smallest absolute Gasteiger partial charge is 0.0971 e. The molecule has 0 aliphatic heterocycles. The van der Waals surface area contributed by atoms with Crippen LogP contribution in [0.4, 0.5) is 0 Å². The van der Waals surface area contributed by atoms with Crippen LogP contribution in [0.5, 0.6) is 0 Å². The number of para-hydroxylation sites is 2. The first-order valence-electron chi connectivity index (χ1n) is 18.0. The van der Waals surface area contributed by atoms with Gasteiger partial charge >= 0.3 is 0 Å². The molecule has 3 heteroatoms. The van der Waals surface area contributed by atoms with E-state index < -0.39 is 0 Å². The molecule has 52 heavy (non-hydrogen) atoms. The van der Waals surface area contributed by atoms with E-state index in [4.69, 9.17) is 9.97 Å². The van der Waals surface area contributed by atoms with E-state index in [-0.39, 0.29) is 5.41 Å². The van der Waals surface area contributed by atoms with Crippen molar-refractivity contribution in [2.75, 3.05) is 0 Å². The van der Waals surface area contributed by atoms with E-state index in [0.717, 1.165) is 21.8 Å². The summed E-state index contributed by atoms with van der Waals surface area (Å²) in [6.45, 7) is 4.74. The average molecular weight is 664 g/mol. The van der Waals surface area contributed by atoms with Gasteiger partial charge < -0.3 is 4.57 Å². The van der Waals surface area contributed by atoms with Crippen LogP contribution in [0.3, 0.4) is 0 Å². The Bertz CT molecular complexity index is 3020. The molecule has 0 fully saturated rings. The minimum atomic E-state index is -0.160. The number of hydrogen-bond donors (Lipinski definition) is 0. The van der Waals surface area contributed by atoms with E-state index >= 15 is 0 Å². The van der Waals surface area contributed by atoms with Crippen molar-refractivity contribution in [2.24, 2.45) is 0 Å². The number of benzene rings is 8. The Morgan fingerprint density at radius 3 is 1.56 bits per heavy atom. The van der Waals surface area contributed by atoms with Gasteiger partial charge in [0.25, 0.3) is 0 Å². The quantitative estimate of drug-likeness (QED) is 0.176. The fraction of sp³-hybridized carbons (Fsp3) is 0.0612. The second-order valence-corrected chi connectivity index (χ2v) is 14.6. The summed E-state index contributed by atoms with van der Waals surface area (Å²) in [5.74, 6) is 0. The van der Waals surface area contributed by atoms with Crippen LogP contribution in [0.25, 0.3) is 93.5 Å². The number of nitrogens with zero attached hydrogens (tertiary/aromatic N) is 3. The highest BCUT2D eigenvalue weighted by Crippen LogP contribution is 2.51. The van der Waals surface area contributed by atoms with Crippen LogP contribution in [-0.2, 0) is 5.41 Å². The summed E-state index contributed by atoms with van der Waals surface area (Å²) >= 11 is 0. The predicted molar refractivity (Wildman–Crippen MR) is 217 cm³/mol. The molecule has 1 aliphatic carbocycles. The maximum atomic E-state index is 4.82. The van der Waals surface area contributed by atoms with Gasteiger partial charge in [-0.15, -0.1) is 0 Å². The molecule has 2 aromatic heterocycles. The molecule has 0 unspecified atom stereocenters. The third kappa shape index (κ3) is 4.08. The van der Waals surface area contributed by atoms with E-state index in [0.29, 0.717) is 0 Å². The largest absolute Gasteiger partial charge is 0.309 e. The van der Waals surface area contributed by atoms with Crippen molar-refractivity contribution in [2.45, 2.75) is 19.3 Å². The summed E-state index contributed by atoms with van der Waals surface area (Å²) in [4.78, 5) is 9.58. The molecule has 11 rings (SSSR count). The molecule has 0 saturated carbocycles. The molecule has 0 spiro atoms. The molecule has 0 saturated heterocycles. The van der Waals surface area contributed by atoms with E-state index in [9.17, 15) is 0 Å². The van der Waals surface area contributed by atoms with Gasteiger partial charge in [-0.1, -0.05) is 123 Å². The number of aromatic nitrogens is 3. The van der Waals surface area contributed by atoms with Gasteiger partial charge in [0, 0.05) is 45.0 Å². The molecular formula is C49H33N3. The van der Waals surface area contributed by atoms with E-state index in [1.165, 1.54) is 82.8 Å². The molecule has 0 atom stereocenters. The first kappa shape index (κ1) is 29.2. The van der Waals surface area contributed by atoms with Crippen molar-refractivity contribution < 1.29 is 0 Å². The minimum absolute atomic E-state index is 0.160. The third-order valence-corrected chi connectivity index (χ3v) is 11.5. The molecule has 1 aliphatic rings. The monoisotopic (exact) mass is 663 g/mol. The Labute approximate surface area is 301 Å². The van der Waals surface area contributed by atoms with Gasteiger partial charge in [-0.25, -0.2) is 0 Å². The Morgan fingerprint density at radius 1 is 0.404 bits per heavy atom. The Balaban J connectivity index is 1.00. The molecule has 0 amide bonds. The van der Waals surface area contributed by atoms with Crippen molar-refractivity contribution in [1.82, 2.24) is 14.5 Å². The minimum Gasteiger partial charge on any atom is -0.309 e. The SMILES string of the molecule is CC1(C)c2cc(-c3cccc(-n4c5ccccc5c5ccccc54)c3)ccc2-c2ccc(-c3ccc4c5ccccc5c5nccnc5c4c3)cc21. The van der Waals surface area contributed by atoms with Crippen molar-refractivity contribution in [3.8, 4) is 39.1 Å². The van der Waals surface area contributed by atoms with Crippen LogP contribution in [0, 0.1) is 0 Å². The van der Waals surface area contributed by atoms with Crippen LogP contribution in [0.15, 0.2) is 164 Å². The number of hydrogen-bond acceptors (Lipinski definition) is 2. The Kier molecular flexibility index (Phi) is 6.01. The fourth-order valence-electron chi connectivity index (χ4n) is 8.93. The summed E-state index contributed by atoms with van der Waals surface area (Å²) < 4.78 is 2.40. The van der Waals surface area contributed by atoms with Crippen molar-refractivity contribution in [3.63, 3.8) is 0 Å². The number of fused-ring (bicyclic) bond motifs is 12. The van der Waals surface area contributed by atoms with Gasteiger partial charge in [0.2, 0.25) is 0 Å². The molecule has 2 heterocycles. The maximum Gasteiger partial charge on any atom is 0.0971 e. The molecule has 0 N–H and O–H groups in total. The molecular weight excluding hydrogens is 631 g/mol. The van der Waals surface area contributed by atoms with Crippen molar-refractivity contribution in [1.29, 1.82) is 0 Å². The van der Waals surface area contributed by atoms with Crippen LogP contribution in [0.2, 0.25) is 0 Å². The van der Waals surface area contributed by atoms with Crippen LogP contribution >= 0.6 is 0 Å². The van der Waals surface area contributed by atoms with Crippen LogP contribution in [-0.4, -0.2) is 14.5 Å². The first-order valence-corrected chi connectivity index (χ1v) is 18.0. The molecule has 8 aromatic carbocycles. The van der Waals surface area contributed by atoms with Crippen molar-refractivity contribution >= 4 is 54.4 Å². The molecule has 0 bridgehead atoms. The highest BCUT2D eigenvalue weighted by atomic mass is 15.0.